The summed E-state index contributed by atoms with van der Waals surface area (Å²) in [7, 11) is 0. The molecule has 0 radical (unpaired) electrons. The van der Waals surface area contributed by atoms with E-state index in [0.29, 0.717) is 6.54 Å². The number of nitrogens with zero attached hydrogens (tertiary/aromatic N) is 1. The van der Waals surface area contributed by atoms with Gasteiger partial charge in [-0.1, -0.05) is 26.2 Å². The minimum atomic E-state index is -4.42. The Morgan fingerprint density at radius 3 is 2.35 bits per heavy atom. The zero-order chi connectivity index (χ0) is 12.9. The minimum absolute atomic E-state index is 0.101. The van der Waals surface area contributed by atoms with E-state index in [1.807, 2.05) is 0 Å². The maximum atomic E-state index is 12.3. The van der Waals surface area contributed by atoms with Gasteiger partial charge in [0.1, 0.15) is 0 Å². The maximum absolute atomic E-state index is 12.3. The molecule has 0 aromatic carbocycles. The van der Waals surface area contributed by atoms with Crippen LogP contribution in [0.2, 0.25) is 0 Å². The molecular weight excluding hydrogens is 229 g/mol. The van der Waals surface area contributed by atoms with Crippen molar-refractivity contribution in [3.8, 4) is 6.07 Å². The second kappa shape index (κ2) is 5.72. The Bertz CT molecular complexity index is 274. The summed E-state index contributed by atoms with van der Waals surface area (Å²) >= 11 is 0. The third-order valence-corrected chi connectivity index (χ3v) is 3.51. The molecule has 0 amide bonds. The van der Waals surface area contributed by atoms with Gasteiger partial charge in [-0.2, -0.15) is 18.4 Å². The number of nitrogens with one attached hydrogen (secondary N) is 1. The molecule has 1 saturated carbocycles. The molecule has 1 atom stereocenters. The van der Waals surface area contributed by atoms with E-state index in [1.54, 1.807) is 0 Å². The average molecular weight is 248 g/mol. The van der Waals surface area contributed by atoms with E-state index in [4.69, 9.17) is 5.26 Å². The number of hydrogen-bond donors (Lipinski definition) is 1. The lowest BCUT2D eigenvalue weighted by Crippen LogP contribution is -2.39. The fourth-order valence-electron chi connectivity index (χ4n) is 2.33. The van der Waals surface area contributed by atoms with E-state index >= 15 is 0 Å². The number of alkyl halides is 3. The molecule has 0 bridgehead atoms. The van der Waals surface area contributed by atoms with Crippen molar-refractivity contribution in [1.82, 2.24) is 5.32 Å². The van der Waals surface area contributed by atoms with Gasteiger partial charge in [-0.3, -0.25) is 0 Å². The van der Waals surface area contributed by atoms with Crippen LogP contribution in [0.1, 0.15) is 39.0 Å². The lowest BCUT2D eigenvalue weighted by molar-refractivity contribution is -0.157. The fourth-order valence-corrected chi connectivity index (χ4v) is 2.33. The minimum Gasteiger partial charge on any atom is -0.315 e. The lowest BCUT2D eigenvalue weighted by Gasteiger charge is -2.34. The van der Waals surface area contributed by atoms with Crippen LogP contribution in [0, 0.1) is 22.7 Å². The van der Waals surface area contributed by atoms with Crippen LogP contribution >= 0.6 is 0 Å². The summed E-state index contributed by atoms with van der Waals surface area (Å²) in [5, 5.41) is 11.3. The Labute approximate surface area is 100 Å². The normalized spacial score (nSPS) is 21.8. The van der Waals surface area contributed by atoms with Crippen molar-refractivity contribution >= 4 is 0 Å². The number of halogens is 3. The smallest absolute Gasteiger partial charge is 0.315 e. The first-order chi connectivity index (χ1) is 7.87. The van der Waals surface area contributed by atoms with Crippen molar-refractivity contribution in [3.63, 3.8) is 0 Å². The van der Waals surface area contributed by atoms with Crippen molar-refractivity contribution < 1.29 is 13.2 Å². The Balaban J connectivity index is 2.34. The Morgan fingerprint density at radius 2 is 1.88 bits per heavy atom. The quantitative estimate of drug-likeness (QED) is 0.829. The second-order valence-electron chi connectivity index (χ2n) is 5.23. The van der Waals surface area contributed by atoms with Gasteiger partial charge in [-0.15, -0.1) is 0 Å². The van der Waals surface area contributed by atoms with Crippen LogP contribution in [-0.4, -0.2) is 19.3 Å². The zero-order valence-electron chi connectivity index (χ0n) is 10.1. The molecule has 2 nitrogen and oxygen atoms in total. The molecule has 0 aromatic rings. The molecular formula is C12H19F3N2. The van der Waals surface area contributed by atoms with Crippen LogP contribution < -0.4 is 5.32 Å². The third-order valence-electron chi connectivity index (χ3n) is 3.51. The van der Waals surface area contributed by atoms with Crippen LogP contribution in [0.5, 0.6) is 0 Å². The van der Waals surface area contributed by atoms with Crippen molar-refractivity contribution in [3.05, 3.63) is 0 Å². The molecule has 1 N–H and O–H groups in total. The molecule has 1 fully saturated rings. The molecule has 17 heavy (non-hydrogen) atoms. The van der Waals surface area contributed by atoms with Gasteiger partial charge in [-0.25, -0.2) is 0 Å². The zero-order valence-corrected chi connectivity index (χ0v) is 10.1. The Hall–Kier alpha value is -0.760. The monoisotopic (exact) mass is 248 g/mol. The summed E-state index contributed by atoms with van der Waals surface area (Å²) in [6, 6.07) is 1.30. The lowest BCUT2D eigenvalue weighted by atomic mass is 9.76. The fraction of sp³-hybridized carbons (Fsp3) is 0.917. The SMILES string of the molecule is CC1(CNCC(C#N)C(F)(F)F)CCCCC1. The molecule has 0 spiro atoms. The maximum Gasteiger partial charge on any atom is 0.405 e. The molecule has 0 heterocycles. The van der Waals surface area contributed by atoms with Gasteiger partial charge in [0, 0.05) is 13.1 Å². The summed E-state index contributed by atoms with van der Waals surface area (Å²) in [6.07, 6.45) is 1.22. The number of rotatable bonds is 4. The topological polar surface area (TPSA) is 35.8 Å². The highest BCUT2D eigenvalue weighted by molar-refractivity contribution is 4.91. The average Bonchev–Trinajstić information content (AvgIpc) is 2.23. The first-order valence-corrected chi connectivity index (χ1v) is 6.04. The summed E-state index contributed by atoms with van der Waals surface area (Å²) in [6.45, 7) is 2.38. The van der Waals surface area contributed by atoms with Gasteiger partial charge in [0.25, 0.3) is 0 Å². The largest absolute Gasteiger partial charge is 0.405 e. The molecule has 1 unspecified atom stereocenters. The molecule has 0 aromatic heterocycles. The molecule has 5 heteroatoms. The molecule has 0 aliphatic heterocycles. The summed E-state index contributed by atoms with van der Waals surface area (Å²) in [5.74, 6) is -1.89. The first kappa shape index (κ1) is 14.3. The van der Waals surface area contributed by atoms with E-state index in [-0.39, 0.29) is 12.0 Å². The molecule has 98 valence electrons. The van der Waals surface area contributed by atoms with Crippen LogP contribution in [0.25, 0.3) is 0 Å². The molecule has 1 aliphatic carbocycles. The van der Waals surface area contributed by atoms with Crippen LogP contribution in [0.15, 0.2) is 0 Å². The van der Waals surface area contributed by atoms with Gasteiger partial charge < -0.3 is 5.32 Å². The molecule has 1 aliphatic rings. The first-order valence-electron chi connectivity index (χ1n) is 6.04. The number of nitriles is 1. The van der Waals surface area contributed by atoms with Gasteiger partial charge >= 0.3 is 6.18 Å². The Kier molecular flexibility index (Phi) is 4.81. The van der Waals surface area contributed by atoms with E-state index in [1.165, 1.54) is 12.5 Å². The van der Waals surface area contributed by atoms with Crippen molar-refractivity contribution in [1.29, 1.82) is 5.26 Å². The number of hydrogen-bond acceptors (Lipinski definition) is 2. The standard InChI is InChI=1S/C12H19F3N2/c1-11(5-3-2-4-6-11)9-17-8-10(7-16)12(13,14)15/h10,17H,2-6,8-9H2,1H3. The van der Waals surface area contributed by atoms with E-state index in [0.717, 1.165) is 25.7 Å². The predicted molar refractivity (Wildman–Crippen MR) is 59.2 cm³/mol. The third kappa shape index (κ3) is 4.55. The van der Waals surface area contributed by atoms with Crippen molar-refractivity contribution in [2.24, 2.45) is 11.3 Å². The van der Waals surface area contributed by atoms with Crippen LogP contribution in [-0.2, 0) is 0 Å². The van der Waals surface area contributed by atoms with Gasteiger partial charge in [-0.05, 0) is 18.3 Å². The predicted octanol–water partition coefficient (Wildman–Crippen LogP) is 3.25. The van der Waals surface area contributed by atoms with E-state index in [2.05, 4.69) is 12.2 Å². The summed E-state index contributed by atoms with van der Waals surface area (Å²) < 4.78 is 37.0. The second-order valence-corrected chi connectivity index (χ2v) is 5.23. The van der Waals surface area contributed by atoms with Crippen LogP contribution in [0.3, 0.4) is 0 Å². The highest BCUT2D eigenvalue weighted by Gasteiger charge is 2.39. The van der Waals surface area contributed by atoms with Gasteiger partial charge in [0.2, 0.25) is 0 Å². The summed E-state index contributed by atoms with van der Waals surface area (Å²) in [4.78, 5) is 0. The molecule has 1 rings (SSSR count). The van der Waals surface area contributed by atoms with E-state index in [9.17, 15) is 13.2 Å². The van der Waals surface area contributed by atoms with Crippen molar-refractivity contribution in [2.45, 2.75) is 45.2 Å². The van der Waals surface area contributed by atoms with Crippen LogP contribution in [0.4, 0.5) is 13.2 Å². The van der Waals surface area contributed by atoms with Crippen molar-refractivity contribution in [2.75, 3.05) is 13.1 Å². The van der Waals surface area contributed by atoms with Gasteiger partial charge in [0.05, 0.1) is 6.07 Å². The highest BCUT2D eigenvalue weighted by atomic mass is 19.4. The Morgan fingerprint density at radius 1 is 1.29 bits per heavy atom. The summed E-state index contributed by atoms with van der Waals surface area (Å²) in [5.41, 5.74) is 0.101. The highest BCUT2D eigenvalue weighted by Crippen LogP contribution is 2.35. The van der Waals surface area contributed by atoms with E-state index < -0.39 is 12.1 Å². The van der Waals surface area contributed by atoms with Gasteiger partial charge in [0.15, 0.2) is 5.92 Å². The molecule has 0 saturated heterocycles.